The van der Waals surface area contributed by atoms with Crippen LogP contribution in [-0.2, 0) is 4.79 Å². The van der Waals surface area contributed by atoms with Crippen LogP contribution in [0.4, 0.5) is 10.1 Å². The van der Waals surface area contributed by atoms with Crippen LogP contribution in [0.25, 0.3) is 0 Å². The normalized spacial score (nSPS) is 10.5. The monoisotopic (exact) mass is 287 g/mol. The molecule has 0 aliphatic carbocycles. The summed E-state index contributed by atoms with van der Waals surface area (Å²) >= 11 is 0. The number of nitrogens with one attached hydrogen (secondary N) is 1. The first-order chi connectivity index (χ1) is 9.95. The first-order valence-electron chi connectivity index (χ1n) is 6.80. The Kier molecular flexibility index (Phi) is 4.58. The zero-order valence-electron chi connectivity index (χ0n) is 12.3. The number of hydrogen-bond acceptors (Lipinski definition) is 2. The molecule has 1 amide bonds. The zero-order valence-corrected chi connectivity index (χ0v) is 12.3. The van der Waals surface area contributed by atoms with Crippen molar-refractivity contribution in [3.8, 4) is 11.5 Å². The first-order valence-corrected chi connectivity index (χ1v) is 6.80. The fourth-order valence-electron chi connectivity index (χ4n) is 1.91. The molecule has 0 atom stereocenters. The molecule has 0 aliphatic rings. The Morgan fingerprint density at radius 2 is 1.81 bits per heavy atom. The maximum Gasteiger partial charge on any atom is 0.221 e. The second-order valence-electron chi connectivity index (χ2n) is 5.15. The summed E-state index contributed by atoms with van der Waals surface area (Å²) in [7, 11) is 0. The van der Waals surface area contributed by atoms with E-state index in [2.05, 4.69) is 19.2 Å². The lowest BCUT2D eigenvalue weighted by molar-refractivity contribution is -0.114. The van der Waals surface area contributed by atoms with Crippen molar-refractivity contribution in [1.82, 2.24) is 0 Å². The summed E-state index contributed by atoms with van der Waals surface area (Å²) in [5.74, 6) is 0.376. The number of carbonyl (C=O) groups is 1. The third-order valence-corrected chi connectivity index (χ3v) is 3.03. The van der Waals surface area contributed by atoms with Crippen LogP contribution in [0.5, 0.6) is 11.5 Å². The molecule has 1 N–H and O–H groups in total. The summed E-state index contributed by atoms with van der Waals surface area (Å²) in [6.45, 7) is 5.59. The van der Waals surface area contributed by atoms with Gasteiger partial charge in [-0.2, -0.15) is 0 Å². The fraction of sp³-hybridized carbons (Fsp3) is 0.235. The molecule has 0 aliphatic heterocycles. The number of halogens is 1. The van der Waals surface area contributed by atoms with Crippen LogP contribution < -0.4 is 10.1 Å². The Bertz CT molecular complexity index is 636. The quantitative estimate of drug-likeness (QED) is 0.885. The van der Waals surface area contributed by atoms with Crippen LogP contribution in [-0.4, -0.2) is 5.91 Å². The van der Waals surface area contributed by atoms with Gasteiger partial charge in [-0.1, -0.05) is 26.0 Å². The van der Waals surface area contributed by atoms with E-state index in [0.29, 0.717) is 17.4 Å². The molecule has 0 heterocycles. The van der Waals surface area contributed by atoms with Crippen LogP contribution in [0, 0.1) is 5.82 Å². The largest absolute Gasteiger partial charge is 0.454 e. The lowest BCUT2D eigenvalue weighted by atomic mass is 10.0. The van der Waals surface area contributed by atoms with Crippen LogP contribution in [0.2, 0.25) is 0 Å². The summed E-state index contributed by atoms with van der Waals surface area (Å²) in [5, 5.41) is 2.52. The average molecular weight is 287 g/mol. The molecule has 2 rings (SSSR count). The number of anilines is 1. The summed E-state index contributed by atoms with van der Waals surface area (Å²) < 4.78 is 19.4. The van der Waals surface area contributed by atoms with E-state index in [0.717, 1.165) is 0 Å². The molecule has 3 nitrogen and oxygen atoms in total. The molecule has 0 saturated heterocycles. The Morgan fingerprint density at radius 3 is 2.33 bits per heavy atom. The van der Waals surface area contributed by atoms with Crippen molar-refractivity contribution in [3.63, 3.8) is 0 Å². The predicted molar refractivity (Wildman–Crippen MR) is 81.3 cm³/mol. The second kappa shape index (κ2) is 6.39. The standard InChI is InChI=1S/C17H18FNO2/c1-11(2)13-4-7-15(8-5-13)21-17-9-6-14(10-16(17)18)19-12(3)20/h4-11H,1-3H3,(H,19,20). The molecule has 110 valence electrons. The zero-order chi connectivity index (χ0) is 15.4. The van der Waals surface area contributed by atoms with Gasteiger partial charge in [-0.3, -0.25) is 4.79 Å². The smallest absolute Gasteiger partial charge is 0.221 e. The maximum atomic E-state index is 13.9. The molecule has 4 heteroatoms. The highest BCUT2D eigenvalue weighted by Crippen LogP contribution is 2.27. The van der Waals surface area contributed by atoms with Gasteiger partial charge < -0.3 is 10.1 Å². The van der Waals surface area contributed by atoms with E-state index in [-0.39, 0.29) is 11.7 Å². The van der Waals surface area contributed by atoms with Gasteiger partial charge in [0, 0.05) is 18.7 Å². The van der Waals surface area contributed by atoms with Crippen LogP contribution in [0.15, 0.2) is 42.5 Å². The van der Waals surface area contributed by atoms with Gasteiger partial charge in [0.2, 0.25) is 5.91 Å². The van der Waals surface area contributed by atoms with Gasteiger partial charge in [0.15, 0.2) is 11.6 Å². The highest BCUT2D eigenvalue weighted by Gasteiger charge is 2.07. The van der Waals surface area contributed by atoms with Crippen molar-refractivity contribution in [2.45, 2.75) is 26.7 Å². The van der Waals surface area contributed by atoms with Gasteiger partial charge in [-0.15, -0.1) is 0 Å². The Morgan fingerprint density at radius 1 is 1.14 bits per heavy atom. The third-order valence-electron chi connectivity index (χ3n) is 3.03. The Hall–Kier alpha value is -2.36. The lowest BCUT2D eigenvalue weighted by Crippen LogP contribution is -2.05. The predicted octanol–water partition coefficient (Wildman–Crippen LogP) is 4.70. The van der Waals surface area contributed by atoms with Crippen LogP contribution in [0.3, 0.4) is 0 Å². The molecule has 0 radical (unpaired) electrons. The van der Waals surface area contributed by atoms with Crippen molar-refractivity contribution in [2.24, 2.45) is 0 Å². The van der Waals surface area contributed by atoms with E-state index in [1.807, 2.05) is 24.3 Å². The average Bonchev–Trinajstić information content (AvgIpc) is 2.42. The van der Waals surface area contributed by atoms with Crippen molar-refractivity contribution in [2.75, 3.05) is 5.32 Å². The van der Waals surface area contributed by atoms with Crippen molar-refractivity contribution in [1.29, 1.82) is 0 Å². The fourth-order valence-corrected chi connectivity index (χ4v) is 1.91. The van der Waals surface area contributed by atoms with E-state index >= 15 is 0 Å². The van der Waals surface area contributed by atoms with Crippen LogP contribution in [0.1, 0.15) is 32.3 Å². The molecule has 21 heavy (non-hydrogen) atoms. The van der Waals surface area contributed by atoms with Crippen molar-refractivity contribution >= 4 is 11.6 Å². The molecular formula is C17H18FNO2. The number of carbonyl (C=O) groups excluding carboxylic acids is 1. The topological polar surface area (TPSA) is 38.3 Å². The van der Waals surface area contributed by atoms with Gasteiger partial charge in [-0.25, -0.2) is 4.39 Å². The van der Waals surface area contributed by atoms with E-state index in [9.17, 15) is 9.18 Å². The molecule has 0 spiro atoms. The molecule has 0 saturated carbocycles. The number of rotatable bonds is 4. The van der Waals surface area contributed by atoms with Gasteiger partial charge >= 0.3 is 0 Å². The minimum absolute atomic E-state index is 0.126. The second-order valence-corrected chi connectivity index (χ2v) is 5.15. The molecule has 2 aromatic rings. The SMILES string of the molecule is CC(=O)Nc1ccc(Oc2ccc(C(C)C)cc2)c(F)c1. The summed E-state index contributed by atoms with van der Waals surface area (Å²) in [6, 6.07) is 11.9. The van der Waals surface area contributed by atoms with E-state index in [1.54, 1.807) is 6.07 Å². The number of amides is 1. The van der Waals surface area contributed by atoms with E-state index in [1.165, 1.54) is 24.6 Å². The first kappa shape index (κ1) is 15.0. The molecule has 0 unspecified atom stereocenters. The molecule has 0 aromatic heterocycles. The van der Waals surface area contributed by atoms with Gasteiger partial charge in [0.25, 0.3) is 0 Å². The molecule has 0 bridgehead atoms. The lowest BCUT2D eigenvalue weighted by Gasteiger charge is -2.10. The molecule has 0 fully saturated rings. The minimum atomic E-state index is -0.519. The molecular weight excluding hydrogens is 269 g/mol. The minimum Gasteiger partial charge on any atom is -0.454 e. The Labute approximate surface area is 123 Å². The number of hydrogen-bond donors (Lipinski definition) is 1. The Balaban J connectivity index is 2.14. The van der Waals surface area contributed by atoms with Crippen molar-refractivity contribution in [3.05, 3.63) is 53.8 Å². The summed E-state index contributed by atoms with van der Waals surface area (Å²) in [4.78, 5) is 10.9. The van der Waals surface area contributed by atoms with E-state index < -0.39 is 5.82 Å². The number of ether oxygens (including phenoxy) is 1. The highest BCUT2D eigenvalue weighted by molar-refractivity contribution is 5.88. The molecule has 2 aromatic carbocycles. The van der Waals surface area contributed by atoms with E-state index in [4.69, 9.17) is 4.74 Å². The highest BCUT2D eigenvalue weighted by atomic mass is 19.1. The number of benzene rings is 2. The van der Waals surface area contributed by atoms with Gasteiger partial charge in [0.05, 0.1) is 0 Å². The van der Waals surface area contributed by atoms with Gasteiger partial charge in [-0.05, 0) is 35.7 Å². The summed E-state index contributed by atoms with van der Waals surface area (Å²) in [6.07, 6.45) is 0. The maximum absolute atomic E-state index is 13.9. The summed E-state index contributed by atoms with van der Waals surface area (Å²) in [5.41, 5.74) is 1.60. The van der Waals surface area contributed by atoms with Crippen LogP contribution >= 0.6 is 0 Å². The van der Waals surface area contributed by atoms with Crippen molar-refractivity contribution < 1.29 is 13.9 Å². The third kappa shape index (κ3) is 4.05. The van der Waals surface area contributed by atoms with Gasteiger partial charge in [0.1, 0.15) is 5.75 Å².